The monoisotopic (exact) mass is 377 g/mol. The molecule has 5 nitrogen and oxygen atoms in total. The molecule has 0 atom stereocenters. The van der Waals surface area contributed by atoms with E-state index in [1.165, 1.54) is 11.8 Å². The van der Waals surface area contributed by atoms with Gasteiger partial charge in [-0.2, -0.15) is 0 Å². The van der Waals surface area contributed by atoms with Gasteiger partial charge in [0.05, 0.1) is 28.9 Å². The number of thioether (sulfide) groups is 1. The van der Waals surface area contributed by atoms with Crippen LogP contribution in [0.3, 0.4) is 0 Å². The Kier molecular flexibility index (Phi) is 5.63. The van der Waals surface area contributed by atoms with Crippen molar-refractivity contribution in [3.63, 3.8) is 0 Å². The van der Waals surface area contributed by atoms with Crippen LogP contribution in [0.4, 0.5) is 0 Å². The zero-order valence-electron chi connectivity index (χ0n) is 15.2. The Balaban J connectivity index is 2.13. The van der Waals surface area contributed by atoms with Crippen molar-refractivity contribution in [1.82, 2.24) is 14.9 Å². The summed E-state index contributed by atoms with van der Waals surface area (Å²) in [6, 6.07) is 13.0. The molecule has 0 saturated heterocycles. The Morgan fingerprint density at radius 2 is 2.00 bits per heavy atom. The van der Waals surface area contributed by atoms with Gasteiger partial charge in [-0.3, -0.25) is 14.2 Å². The number of carbonyl (C=O) groups is 1. The number of fused-ring (bicyclic) bond motifs is 1. The van der Waals surface area contributed by atoms with Crippen LogP contribution >= 0.6 is 11.8 Å². The Hall–Kier alpha value is -3.04. The zero-order chi connectivity index (χ0) is 19.4. The average Bonchev–Trinajstić information content (AvgIpc) is 2.67. The number of aryl methyl sites for hydroxylation is 1. The quantitative estimate of drug-likeness (QED) is 0.422. The van der Waals surface area contributed by atoms with Crippen molar-refractivity contribution in [3.8, 4) is 18.0 Å². The minimum Gasteiger partial charge on any atom is -0.344 e. The summed E-state index contributed by atoms with van der Waals surface area (Å²) in [5, 5.41) is 3.64. The molecule has 6 heteroatoms. The van der Waals surface area contributed by atoms with Crippen LogP contribution in [0.1, 0.15) is 11.1 Å². The first-order chi connectivity index (χ1) is 13.0. The maximum absolute atomic E-state index is 13.2. The van der Waals surface area contributed by atoms with E-state index in [4.69, 9.17) is 6.42 Å². The third-order valence-corrected chi connectivity index (χ3v) is 5.22. The highest BCUT2D eigenvalue weighted by atomic mass is 32.2. The van der Waals surface area contributed by atoms with Gasteiger partial charge in [0.15, 0.2) is 5.16 Å². The Bertz CT molecular complexity index is 1110. The van der Waals surface area contributed by atoms with Crippen LogP contribution in [0.15, 0.2) is 52.4 Å². The second-order valence-electron chi connectivity index (χ2n) is 6.04. The molecule has 0 aliphatic rings. The van der Waals surface area contributed by atoms with Crippen molar-refractivity contribution < 1.29 is 4.79 Å². The lowest BCUT2D eigenvalue weighted by atomic mass is 10.1. The molecule has 1 amide bonds. The van der Waals surface area contributed by atoms with Gasteiger partial charge < -0.3 is 5.32 Å². The van der Waals surface area contributed by atoms with Crippen LogP contribution < -0.4 is 10.9 Å². The summed E-state index contributed by atoms with van der Waals surface area (Å²) in [5.74, 6) is 2.29. The summed E-state index contributed by atoms with van der Waals surface area (Å²) in [6.07, 6.45) is 5.17. The number of aromatic nitrogens is 2. The van der Waals surface area contributed by atoms with Crippen molar-refractivity contribution >= 4 is 28.6 Å². The summed E-state index contributed by atoms with van der Waals surface area (Å²) < 4.78 is 1.59. The van der Waals surface area contributed by atoms with E-state index in [9.17, 15) is 9.59 Å². The fourth-order valence-corrected chi connectivity index (χ4v) is 3.57. The third-order valence-electron chi connectivity index (χ3n) is 4.28. The van der Waals surface area contributed by atoms with Gasteiger partial charge >= 0.3 is 0 Å². The molecule has 3 aromatic rings. The molecule has 0 bridgehead atoms. The topological polar surface area (TPSA) is 64.0 Å². The lowest BCUT2D eigenvalue weighted by Gasteiger charge is -2.16. The lowest BCUT2D eigenvalue weighted by molar-refractivity contribution is -0.118. The standard InChI is InChI=1S/C21H19N3O2S/c1-4-12-22-19(25)13-27-21-23-17-10-6-5-9-16(17)20(26)24(21)18-11-7-8-14(2)15(18)3/h1,5-11H,12-13H2,2-3H3,(H,22,25). The SMILES string of the molecule is C#CCNC(=O)CSc1nc2ccccc2c(=O)n1-c1cccc(C)c1C. The highest BCUT2D eigenvalue weighted by Gasteiger charge is 2.16. The number of benzene rings is 2. The predicted octanol–water partition coefficient (Wildman–Crippen LogP) is 2.84. The third kappa shape index (κ3) is 3.88. The van der Waals surface area contributed by atoms with E-state index >= 15 is 0 Å². The Labute approximate surface area is 161 Å². The highest BCUT2D eigenvalue weighted by molar-refractivity contribution is 7.99. The van der Waals surface area contributed by atoms with Gasteiger partial charge in [-0.05, 0) is 43.2 Å². The van der Waals surface area contributed by atoms with Crippen molar-refractivity contribution in [2.24, 2.45) is 0 Å². The van der Waals surface area contributed by atoms with Crippen LogP contribution in [-0.2, 0) is 4.79 Å². The zero-order valence-corrected chi connectivity index (χ0v) is 16.0. The second-order valence-corrected chi connectivity index (χ2v) is 6.98. The molecule has 0 spiro atoms. The van der Waals surface area contributed by atoms with Gasteiger partial charge in [-0.25, -0.2) is 4.98 Å². The fraction of sp³-hybridized carbons (Fsp3) is 0.190. The molecule has 3 rings (SSSR count). The van der Waals surface area contributed by atoms with E-state index in [2.05, 4.69) is 16.2 Å². The van der Waals surface area contributed by atoms with E-state index < -0.39 is 0 Å². The molecule has 1 heterocycles. The Morgan fingerprint density at radius 1 is 1.22 bits per heavy atom. The molecular formula is C21H19N3O2S. The van der Waals surface area contributed by atoms with Crippen molar-refractivity contribution in [3.05, 3.63) is 63.9 Å². The normalized spacial score (nSPS) is 10.6. The van der Waals surface area contributed by atoms with E-state index in [1.54, 1.807) is 16.7 Å². The number of rotatable bonds is 5. The summed E-state index contributed by atoms with van der Waals surface area (Å²) in [5.41, 5.74) is 3.30. The Morgan fingerprint density at radius 3 is 2.78 bits per heavy atom. The summed E-state index contributed by atoms with van der Waals surface area (Å²) in [7, 11) is 0. The van der Waals surface area contributed by atoms with Crippen molar-refractivity contribution in [2.75, 3.05) is 12.3 Å². The highest BCUT2D eigenvalue weighted by Crippen LogP contribution is 2.24. The minimum atomic E-state index is -0.201. The van der Waals surface area contributed by atoms with Gasteiger partial charge in [0, 0.05) is 0 Å². The average molecular weight is 377 g/mol. The number of amides is 1. The van der Waals surface area contributed by atoms with Gasteiger partial charge in [0.25, 0.3) is 5.56 Å². The molecule has 136 valence electrons. The summed E-state index contributed by atoms with van der Waals surface area (Å²) in [4.78, 5) is 29.8. The van der Waals surface area contributed by atoms with Crippen molar-refractivity contribution in [1.29, 1.82) is 0 Å². The molecule has 0 saturated carbocycles. The van der Waals surface area contributed by atoms with Gasteiger partial charge in [0.1, 0.15) is 0 Å². The van der Waals surface area contributed by atoms with Crippen LogP contribution in [-0.4, -0.2) is 27.8 Å². The van der Waals surface area contributed by atoms with Gasteiger partial charge in [0.2, 0.25) is 5.91 Å². The van der Waals surface area contributed by atoms with E-state index in [-0.39, 0.29) is 23.8 Å². The maximum atomic E-state index is 13.2. The van der Waals surface area contributed by atoms with E-state index in [0.717, 1.165) is 16.8 Å². The molecule has 0 radical (unpaired) electrons. The first-order valence-electron chi connectivity index (χ1n) is 8.44. The summed E-state index contributed by atoms with van der Waals surface area (Å²) >= 11 is 1.22. The molecule has 0 fully saturated rings. The van der Waals surface area contributed by atoms with Crippen LogP contribution in [0.5, 0.6) is 0 Å². The number of nitrogens with one attached hydrogen (secondary N) is 1. The fourth-order valence-electron chi connectivity index (χ4n) is 2.73. The first kappa shape index (κ1) is 18.7. The number of para-hydroxylation sites is 1. The van der Waals surface area contributed by atoms with Crippen LogP contribution in [0, 0.1) is 26.2 Å². The van der Waals surface area contributed by atoms with Gasteiger partial charge in [-0.15, -0.1) is 6.42 Å². The molecule has 1 aromatic heterocycles. The largest absolute Gasteiger partial charge is 0.344 e. The predicted molar refractivity (Wildman–Crippen MR) is 109 cm³/mol. The number of hydrogen-bond acceptors (Lipinski definition) is 4. The molecule has 0 unspecified atom stereocenters. The number of carbonyl (C=O) groups excluding carboxylic acids is 1. The second kappa shape index (κ2) is 8.11. The summed E-state index contributed by atoms with van der Waals surface area (Å²) in [6.45, 7) is 4.15. The van der Waals surface area contributed by atoms with Crippen molar-refractivity contribution in [2.45, 2.75) is 19.0 Å². The smallest absolute Gasteiger partial charge is 0.266 e. The molecule has 0 aliphatic heterocycles. The lowest BCUT2D eigenvalue weighted by Crippen LogP contribution is -2.27. The molecule has 1 N–H and O–H groups in total. The van der Waals surface area contributed by atoms with E-state index in [1.807, 2.05) is 44.2 Å². The minimum absolute atomic E-state index is 0.122. The molecule has 2 aromatic carbocycles. The molecule has 27 heavy (non-hydrogen) atoms. The maximum Gasteiger partial charge on any atom is 0.266 e. The molecule has 0 aliphatic carbocycles. The van der Waals surface area contributed by atoms with Crippen LogP contribution in [0.25, 0.3) is 16.6 Å². The van der Waals surface area contributed by atoms with E-state index in [0.29, 0.717) is 16.1 Å². The number of hydrogen-bond donors (Lipinski definition) is 1. The first-order valence-corrected chi connectivity index (χ1v) is 9.43. The molecular weight excluding hydrogens is 358 g/mol. The number of terminal acetylenes is 1. The van der Waals surface area contributed by atoms with Gasteiger partial charge in [-0.1, -0.05) is 41.9 Å². The number of nitrogens with zero attached hydrogens (tertiary/aromatic N) is 2. The van der Waals surface area contributed by atoms with Crippen LogP contribution in [0.2, 0.25) is 0 Å².